The largest absolute Gasteiger partial charge is 0.506 e. The Hall–Kier alpha value is -3.93. The standard InChI is InChI=1S/C21H15NO5/c23-18-12-14(21(26)27)10-11-17(18)22-20(25)16-9-5-4-8-15(16)19(24)13-6-2-1-3-7-13/h1-12,23H,(H,22,25)(H,26,27). The second kappa shape index (κ2) is 7.53. The molecular weight excluding hydrogens is 346 g/mol. The molecule has 0 aliphatic rings. The minimum atomic E-state index is -1.19. The molecule has 3 N–H and O–H groups in total. The average molecular weight is 361 g/mol. The minimum Gasteiger partial charge on any atom is -0.506 e. The van der Waals surface area contributed by atoms with E-state index in [1.54, 1.807) is 48.5 Å². The van der Waals surface area contributed by atoms with Crippen LogP contribution >= 0.6 is 0 Å². The summed E-state index contributed by atoms with van der Waals surface area (Å²) in [7, 11) is 0. The number of phenolic OH excluding ortho intramolecular Hbond substituents is 1. The van der Waals surface area contributed by atoms with Gasteiger partial charge in [0.05, 0.1) is 16.8 Å². The lowest BCUT2D eigenvalue weighted by Crippen LogP contribution is -2.17. The number of carboxylic acids is 1. The van der Waals surface area contributed by atoms with Crippen molar-refractivity contribution >= 4 is 23.3 Å². The number of carbonyl (C=O) groups is 3. The molecule has 3 aromatic rings. The van der Waals surface area contributed by atoms with E-state index in [9.17, 15) is 19.5 Å². The monoisotopic (exact) mass is 361 g/mol. The molecule has 0 unspecified atom stereocenters. The molecule has 0 spiro atoms. The fraction of sp³-hybridized carbons (Fsp3) is 0. The number of amides is 1. The van der Waals surface area contributed by atoms with E-state index < -0.39 is 11.9 Å². The number of carbonyl (C=O) groups excluding carboxylic acids is 2. The Morgan fingerprint density at radius 3 is 2.00 bits per heavy atom. The number of carboxylic acid groups (broad SMARTS) is 1. The first-order valence-electron chi connectivity index (χ1n) is 8.04. The smallest absolute Gasteiger partial charge is 0.335 e. The molecule has 0 fully saturated rings. The van der Waals surface area contributed by atoms with E-state index in [0.29, 0.717) is 5.56 Å². The van der Waals surface area contributed by atoms with Crippen LogP contribution in [0.2, 0.25) is 0 Å². The van der Waals surface area contributed by atoms with Crippen molar-refractivity contribution in [2.45, 2.75) is 0 Å². The molecule has 0 aliphatic carbocycles. The lowest BCUT2D eigenvalue weighted by Gasteiger charge is -2.11. The maximum Gasteiger partial charge on any atom is 0.335 e. The number of hydrogen-bond donors (Lipinski definition) is 3. The van der Waals surface area contributed by atoms with Gasteiger partial charge < -0.3 is 15.5 Å². The van der Waals surface area contributed by atoms with Crippen LogP contribution in [-0.2, 0) is 0 Å². The highest BCUT2D eigenvalue weighted by Crippen LogP contribution is 2.25. The molecule has 0 saturated heterocycles. The fourth-order valence-electron chi connectivity index (χ4n) is 2.58. The first kappa shape index (κ1) is 17.9. The number of aromatic hydroxyl groups is 1. The van der Waals surface area contributed by atoms with Crippen molar-refractivity contribution in [3.8, 4) is 5.75 Å². The zero-order valence-corrected chi connectivity index (χ0v) is 14.0. The number of hydrogen-bond acceptors (Lipinski definition) is 4. The van der Waals surface area contributed by atoms with Gasteiger partial charge in [-0.15, -0.1) is 0 Å². The fourth-order valence-corrected chi connectivity index (χ4v) is 2.58. The second-order valence-corrected chi connectivity index (χ2v) is 5.73. The van der Waals surface area contributed by atoms with Gasteiger partial charge >= 0.3 is 5.97 Å². The number of benzene rings is 3. The predicted octanol–water partition coefficient (Wildman–Crippen LogP) is 3.57. The molecule has 0 radical (unpaired) electrons. The third kappa shape index (κ3) is 3.85. The van der Waals surface area contributed by atoms with Gasteiger partial charge in [0.2, 0.25) is 0 Å². The van der Waals surface area contributed by atoms with Crippen LogP contribution in [-0.4, -0.2) is 27.9 Å². The van der Waals surface area contributed by atoms with Crippen LogP contribution in [0.5, 0.6) is 5.75 Å². The molecule has 0 heterocycles. The molecule has 0 saturated carbocycles. The van der Waals surface area contributed by atoms with E-state index >= 15 is 0 Å². The van der Waals surface area contributed by atoms with Gasteiger partial charge in [-0.3, -0.25) is 9.59 Å². The van der Waals surface area contributed by atoms with Crippen molar-refractivity contribution in [2.24, 2.45) is 0 Å². The third-order valence-corrected chi connectivity index (χ3v) is 3.95. The predicted molar refractivity (Wildman–Crippen MR) is 99.3 cm³/mol. The number of nitrogens with one attached hydrogen (secondary N) is 1. The molecule has 1 amide bonds. The van der Waals surface area contributed by atoms with E-state index in [-0.39, 0.29) is 33.9 Å². The van der Waals surface area contributed by atoms with Crippen molar-refractivity contribution in [2.75, 3.05) is 5.32 Å². The zero-order chi connectivity index (χ0) is 19.4. The van der Waals surface area contributed by atoms with Crippen LogP contribution in [0.3, 0.4) is 0 Å². The van der Waals surface area contributed by atoms with E-state index in [1.165, 1.54) is 18.2 Å². The maximum absolute atomic E-state index is 12.7. The molecule has 0 aliphatic heterocycles. The van der Waals surface area contributed by atoms with E-state index in [2.05, 4.69) is 5.32 Å². The van der Waals surface area contributed by atoms with Crippen LogP contribution < -0.4 is 5.32 Å². The van der Waals surface area contributed by atoms with Gasteiger partial charge in [0.25, 0.3) is 5.91 Å². The number of rotatable bonds is 5. The normalized spacial score (nSPS) is 10.2. The molecule has 6 nitrogen and oxygen atoms in total. The van der Waals surface area contributed by atoms with Crippen molar-refractivity contribution in [1.29, 1.82) is 0 Å². The minimum absolute atomic E-state index is 0.0481. The zero-order valence-electron chi connectivity index (χ0n) is 14.0. The Labute approximate surface area is 154 Å². The summed E-state index contributed by atoms with van der Waals surface area (Å²) in [6, 6.07) is 18.5. The number of ketones is 1. The first-order valence-corrected chi connectivity index (χ1v) is 8.04. The molecule has 0 atom stereocenters. The topological polar surface area (TPSA) is 104 Å². The van der Waals surface area contributed by atoms with Crippen molar-refractivity contribution in [3.05, 3.63) is 95.1 Å². The van der Waals surface area contributed by atoms with Gasteiger partial charge in [-0.05, 0) is 24.3 Å². The summed E-state index contributed by atoms with van der Waals surface area (Å²) in [6.45, 7) is 0. The van der Waals surface area contributed by atoms with E-state index in [4.69, 9.17) is 5.11 Å². The van der Waals surface area contributed by atoms with Crippen LogP contribution in [0.4, 0.5) is 5.69 Å². The van der Waals surface area contributed by atoms with Crippen molar-refractivity contribution in [1.82, 2.24) is 0 Å². The summed E-state index contributed by atoms with van der Waals surface area (Å²) < 4.78 is 0. The summed E-state index contributed by atoms with van der Waals surface area (Å²) in [5, 5.41) is 21.4. The molecule has 3 rings (SSSR count). The second-order valence-electron chi connectivity index (χ2n) is 5.73. The lowest BCUT2D eigenvalue weighted by molar-refractivity contribution is 0.0696. The first-order chi connectivity index (χ1) is 13.0. The highest BCUT2D eigenvalue weighted by atomic mass is 16.4. The maximum atomic E-state index is 12.7. The summed E-state index contributed by atoms with van der Waals surface area (Å²) in [4.78, 5) is 36.3. The summed E-state index contributed by atoms with van der Waals surface area (Å²) in [5.41, 5.74) is 0.763. The van der Waals surface area contributed by atoms with E-state index in [0.717, 1.165) is 6.07 Å². The Bertz CT molecular complexity index is 1030. The molecule has 134 valence electrons. The highest BCUT2D eigenvalue weighted by molar-refractivity contribution is 6.17. The van der Waals surface area contributed by atoms with Crippen LogP contribution in [0.15, 0.2) is 72.8 Å². The Morgan fingerprint density at radius 1 is 0.741 bits per heavy atom. The molecule has 0 bridgehead atoms. The van der Waals surface area contributed by atoms with Crippen LogP contribution in [0.25, 0.3) is 0 Å². The lowest BCUT2D eigenvalue weighted by atomic mass is 9.98. The summed E-state index contributed by atoms with van der Waals surface area (Å²) >= 11 is 0. The number of phenols is 1. The molecular formula is C21H15NO5. The number of aromatic carboxylic acids is 1. The van der Waals surface area contributed by atoms with Crippen LogP contribution in [0.1, 0.15) is 36.6 Å². The molecule has 6 heteroatoms. The van der Waals surface area contributed by atoms with Crippen molar-refractivity contribution in [3.63, 3.8) is 0 Å². The molecule has 27 heavy (non-hydrogen) atoms. The van der Waals surface area contributed by atoms with Crippen molar-refractivity contribution < 1.29 is 24.6 Å². The highest BCUT2D eigenvalue weighted by Gasteiger charge is 2.19. The summed E-state index contributed by atoms with van der Waals surface area (Å²) in [6.07, 6.45) is 0. The van der Waals surface area contributed by atoms with Crippen LogP contribution in [0, 0.1) is 0 Å². The Kier molecular flexibility index (Phi) is 4.99. The average Bonchev–Trinajstić information content (AvgIpc) is 2.69. The molecule has 0 aromatic heterocycles. The van der Waals surface area contributed by atoms with Gasteiger partial charge in [0.1, 0.15) is 5.75 Å². The quantitative estimate of drug-likeness (QED) is 0.476. The van der Waals surface area contributed by atoms with Gasteiger partial charge in [-0.2, -0.15) is 0 Å². The summed E-state index contributed by atoms with van der Waals surface area (Å²) in [5.74, 6) is -2.46. The van der Waals surface area contributed by atoms with Gasteiger partial charge in [0.15, 0.2) is 5.78 Å². The van der Waals surface area contributed by atoms with E-state index in [1.807, 2.05) is 0 Å². The molecule has 3 aromatic carbocycles. The van der Waals surface area contributed by atoms with Gasteiger partial charge in [0, 0.05) is 11.1 Å². The number of anilines is 1. The van der Waals surface area contributed by atoms with Gasteiger partial charge in [-0.1, -0.05) is 48.5 Å². The SMILES string of the molecule is O=C(O)c1ccc(NC(=O)c2ccccc2C(=O)c2ccccc2)c(O)c1. The van der Waals surface area contributed by atoms with Gasteiger partial charge in [-0.25, -0.2) is 4.79 Å². The third-order valence-electron chi connectivity index (χ3n) is 3.95. The Morgan fingerprint density at radius 2 is 1.37 bits per heavy atom. The Balaban J connectivity index is 1.90.